The van der Waals surface area contributed by atoms with Crippen molar-refractivity contribution in [2.24, 2.45) is 0 Å². The van der Waals surface area contributed by atoms with Crippen molar-refractivity contribution in [1.82, 2.24) is 4.98 Å². The van der Waals surface area contributed by atoms with Gasteiger partial charge in [-0.15, -0.1) is 0 Å². The maximum Gasteiger partial charge on any atom is 0.0711 e. The minimum atomic E-state index is 1.02. The molecule has 0 saturated carbocycles. The lowest BCUT2D eigenvalue weighted by atomic mass is 9.99. The van der Waals surface area contributed by atoms with Crippen molar-refractivity contribution in [3.8, 4) is 33.5 Å². The number of pyridine rings is 1. The van der Waals surface area contributed by atoms with Gasteiger partial charge in [0.2, 0.25) is 0 Å². The number of rotatable bonds is 3. The van der Waals surface area contributed by atoms with Gasteiger partial charge < -0.3 is 0 Å². The van der Waals surface area contributed by atoms with Crippen molar-refractivity contribution in [1.29, 1.82) is 0 Å². The minimum absolute atomic E-state index is 1.02. The van der Waals surface area contributed by atoms with Crippen LogP contribution < -0.4 is 0 Å². The number of hydrogen-bond donors (Lipinski definition) is 0. The first-order valence-electron chi connectivity index (χ1n) is 8.49. The van der Waals surface area contributed by atoms with E-state index in [0.717, 1.165) is 17.0 Å². The summed E-state index contributed by atoms with van der Waals surface area (Å²) < 4.78 is 0. The molecule has 4 rings (SSSR count). The van der Waals surface area contributed by atoms with Gasteiger partial charge in [-0.2, -0.15) is 0 Å². The smallest absolute Gasteiger partial charge is 0.0711 e. The Labute approximate surface area is 148 Å². The van der Waals surface area contributed by atoms with Crippen LogP contribution in [0.2, 0.25) is 0 Å². The summed E-state index contributed by atoms with van der Waals surface area (Å²) >= 11 is 0. The molecule has 120 valence electrons. The van der Waals surface area contributed by atoms with Gasteiger partial charge in [0.15, 0.2) is 0 Å². The Balaban J connectivity index is 1.71. The molecule has 0 aliphatic carbocycles. The zero-order chi connectivity index (χ0) is 17.1. The van der Waals surface area contributed by atoms with Crippen LogP contribution in [0.1, 0.15) is 5.69 Å². The molecule has 0 aliphatic rings. The van der Waals surface area contributed by atoms with E-state index in [1.165, 1.54) is 22.3 Å². The highest BCUT2D eigenvalue weighted by molar-refractivity contribution is 5.73. The van der Waals surface area contributed by atoms with Gasteiger partial charge >= 0.3 is 0 Å². The second-order valence-electron chi connectivity index (χ2n) is 6.19. The number of benzene rings is 3. The Hall–Kier alpha value is -3.19. The van der Waals surface area contributed by atoms with Crippen molar-refractivity contribution in [2.45, 2.75) is 6.92 Å². The molecule has 0 spiro atoms. The molecule has 0 N–H and O–H groups in total. The van der Waals surface area contributed by atoms with Crippen LogP contribution in [0.25, 0.3) is 33.5 Å². The zero-order valence-corrected chi connectivity index (χ0v) is 14.2. The van der Waals surface area contributed by atoms with Crippen molar-refractivity contribution in [3.05, 3.63) is 103 Å². The third-order valence-corrected chi connectivity index (χ3v) is 4.35. The lowest BCUT2D eigenvalue weighted by Gasteiger charge is -2.09. The molecule has 1 heterocycles. The molecule has 0 amide bonds. The Morgan fingerprint density at radius 2 is 0.960 bits per heavy atom. The van der Waals surface area contributed by atoms with E-state index >= 15 is 0 Å². The molecule has 0 bridgehead atoms. The molecule has 0 aliphatic heterocycles. The zero-order valence-electron chi connectivity index (χ0n) is 14.2. The molecule has 0 atom stereocenters. The molecule has 1 heteroatoms. The summed E-state index contributed by atoms with van der Waals surface area (Å²) in [5.41, 5.74) is 8.08. The normalized spacial score (nSPS) is 10.6. The monoisotopic (exact) mass is 321 g/mol. The van der Waals surface area contributed by atoms with Crippen LogP contribution in [0.3, 0.4) is 0 Å². The van der Waals surface area contributed by atoms with Crippen LogP contribution in [0, 0.1) is 6.92 Å². The SMILES string of the molecule is Cc1cc(-c2ccc(-c3ccccc3)cc2)cc(-c2ccccc2)n1. The molecule has 1 aromatic heterocycles. The molecule has 1 nitrogen and oxygen atoms in total. The van der Waals surface area contributed by atoms with Crippen molar-refractivity contribution in [3.63, 3.8) is 0 Å². The third-order valence-electron chi connectivity index (χ3n) is 4.35. The van der Waals surface area contributed by atoms with Gasteiger partial charge in [0.1, 0.15) is 0 Å². The van der Waals surface area contributed by atoms with Crippen molar-refractivity contribution in [2.75, 3.05) is 0 Å². The van der Waals surface area contributed by atoms with Gasteiger partial charge in [0.25, 0.3) is 0 Å². The lowest BCUT2D eigenvalue weighted by Crippen LogP contribution is -1.89. The minimum Gasteiger partial charge on any atom is -0.253 e. The summed E-state index contributed by atoms with van der Waals surface area (Å²) in [5.74, 6) is 0. The van der Waals surface area contributed by atoms with E-state index in [0.29, 0.717) is 0 Å². The van der Waals surface area contributed by atoms with E-state index in [2.05, 4.69) is 72.8 Å². The number of nitrogens with zero attached hydrogens (tertiary/aromatic N) is 1. The fraction of sp³-hybridized carbons (Fsp3) is 0.0417. The van der Waals surface area contributed by atoms with E-state index in [9.17, 15) is 0 Å². The Morgan fingerprint density at radius 1 is 0.480 bits per heavy atom. The summed E-state index contributed by atoms with van der Waals surface area (Å²) in [6.07, 6.45) is 0. The lowest BCUT2D eigenvalue weighted by molar-refractivity contribution is 1.21. The maximum atomic E-state index is 4.69. The van der Waals surface area contributed by atoms with Crippen LogP contribution in [-0.4, -0.2) is 4.98 Å². The molecule has 0 radical (unpaired) electrons. The standard InChI is InChI=1S/C24H19N/c1-18-16-23(17-24(25-18)22-10-6-3-7-11-22)21-14-12-20(13-15-21)19-8-4-2-5-9-19/h2-17H,1H3. The number of hydrogen-bond acceptors (Lipinski definition) is 1. The summed E-state index contributed by atoms with van der Waals surface area (Å²) in [6.45, 7) is 2.05. The Kier molecular flexibility index (Phi) is 4.14. The molecule has 25 heavy (non-hydrogen) atoms. The average Bonchev–Trinajstić information content (AvgIpc) is 2.69. The highest BCUT2D eigenvalue weighted by Gasteiger charge is 2.05. The first-order valence-corrected chi connectivity index (χ1v) is 8.49. The first-order chi connectivity index (χ1) is 12.3. The van der Waals surface area contributed by atoms with E-state index in [1.807, 2.05) is 31.2 Å². The van der Waals surface area contributed by atoms with Crippen LogP contribution >= 0.6 is 0 Å². The van der Waals surface area contributed by atoms with E-state index in [1.54, 1.807) is 0 Å². The van der Waals surface area contributed by atoms with Crippen LogP contribution in [-0.2, 0) is 0 Å². The van der Waals surface area contributed by atoms with Crippen LogP contribution in [0.15, 0.2) is 97.1 Å². The largest absolute Gasteiger partial charge is 0.253 e. The summed E-state index contributed by atoms with van der Waals surface area (Å²) in [7, 11) is 0. The fourth-order valence-corrected chi connectivity index (χ4v) is 3.08. The van der Waals surface area contributed by atoms with E-state index < -0.39 is 0 Å². The topological polar surface area (TPSA) is 12.9 Å². The van der Waals surface area contributed by atoms with Crippen molar-refractivity contribution >= 4 is 0 Å². The second kappa shape index (κ2) is 6.74. The summed E-state index contributed by atoms with van der Waals surface area (Å²) in [5, 5.41) is 0. The Morgan fingerprint density at radius 3 is 1.56 bits per heavy atom. The molecule has 0 fully saturated rings. The fourth-order valence-electron chi connectivity index (χ4n) is 3.08. The maximum absolute atomic E-state index is 4.69. The van der Waals surface area contributed by atoms with E-state index in [-0.39, 0.29) is 0 Å². The molecular formula is C24H19N. The van der Waals surface area contributed by atoms with E-state index in [4.69, 9.17) is 4.98 Å². The van der Waals surface area contributed by atoms with Crippen LogP contribution in [0.5, 0.6) is 0 Å². The highest BCUT2D eigenvalue weighted by Crippen LogP contribution is 2.28. The predicted octanol–water partition coefficient (Wildman–Crippen LogP) is 6.39. The predicted molar refractivity (Wildman–Crippen MR) is 105 cm³/mol. The molecule has 3 aromatic carbocycles. The van der Waals surface area contributed by atoms with Crippen molar-refractivity contribution < 1.29 is 0 Å². The van der Waals surface area contributed by atoms with Crippen LogP contribution in [0.4, 0.5) is 0 Å². The van der Waals surface area contributed by atoms with Gasteiger partial charge in [0.05, 0.1) is 5.69 Å². The average molecular weight is 321 g/mol. The van der Waals surface area contributed by atoms with Gasteiger partial charge in [-0.25, -0.2) is 0 Å². The van der Waals surface area contributed by atoms with Gasteiger partial charge in [-0.05, 0) is 41.3 Å². The molecule has 0 unspecified atom stereocenters. The van der Waals surface area contributed by atoms with Gasteiger partial charge in [-0.3, -0.25) is 4.98 Å². The number of aromatic nitrogens is 1. The third kappa shape index (κ3) is 3.36. The molecular weight excluding hydrogens is 302 g/mol. The first kappa shape index (κ1) is 15.3. The second-order valence-corrected chi connectivity index (χ2v) is 6.19. The molecule has 4 aromatic rings. The Bertz CT molecular complexity index is 971. The highest BCUT2D eigenvalue weighted by atomic mass is 14.7. The van der Waals surface area contributed by atoms with Gasteiger partial charge in [0, 0.05) is 11.3 Å². The van der Waals surface area contributed by atoms with Gasteiger partial charge in [-0.1, -0.05) is 84.9 Å². The molecule has 0 saturated heterocycles. The quantitative estimate of drug-likeness (QED) is 0.426. The summed E-state index contributed by atoms with van der Waals surface area (Å²) in [4.78, 5) is 4.69. The number of aryl methyl sites for hydroxylation is 1. The summed E-state index contributed by atoms with van der Waals surface area (Å²) in [6, 6.07) is 33.8.